The first-order valence-corrected chi connectivity index (χ1v) is 18.3. The molecule has 2 aromatic rings. The predicted octanol–water partition coefficient (Wildman–Crippen LogP) is 4.10. The van der Waals surface area contributed by atoms with Crippen LogP contribution in [0, 0.1) is 5.92 Å². The summed E-state index contributed by atoms with van der Waals surface area (Å²) < 4.78 is 28.4. The van der Waals surface area contributed by atoms with Gasteiger partial charge in [0.05, 0.1) is 7.11 Å². The van der Waals surface area contributed by atoms with Gasteiger partial charge in [-0.15, -0.1) is 0 Å². The second-order valence-corrected chi connectivity index (χ2v) is 15.6. The Balaban J connectivity index is 2.66. The predicted molar refractivity (Wildman–Crippen MR) is 205 cm³/mol. The fourth-order valence-corrected chi connectivity index (χ4v) is 5.29. The third-order valence-corrected chi connectivity index (χ3v) is 8.28. The Hall–Kier alpha value is -4.89. The van der Waals surface area contributed by atoms with E-state index in [-0.39, 0.29) is 30.1 Å². The summed E-state index contributed by atoms with van der Waals surface area (Å²) >= 11 is 0. The molecule has 15 heteroatoms. The lowest BCUT2D eigenvalue weighted by Crippen LogP contribution is -2.64. The molecule has 0 fully saturated rings. The van der Waals surface area contributed by atoms with Gasteiger partial charge in [-0.05, 0) is 91.1 Å². The van der Waals surface area contributed by atoms with Gasteiger partial charge in [0.1, 0.15) is 54.2 Å². The summed E-state index contributed by atoms with van der Waals surface area (Å²) in [5, 5.41) is 21.9. The zero-order chi connectivity index (χ0) is 41.7. The van der Waals surface area contributed by atoms with Crippen molar-refractivity contribution in [3.05, 3.63) is 59.7 Å². The first-order valence-electron chi connectivity index (χ1n) is 18.3. The smallest absolute Gasteiger partial charge is 0.408 e. The van der Waals surface area contributed by atoms with E-state index in [4.69, 9.17) is 23.7 Å². The van der Waals surface area contributed by atoms with Gasteiger partial charge in [0.25, 0.3) is 0 Å². The second-order valence-electron chi connectivity index (χ2n) is 15.6. The first-order chi connectivity index (χ1) is 25.5. The SMILES string of the molecule is CC[C@](C)(Oc1cc([C@@H](O)[C@H](NC)C(=O)OC)ccc1OCc1ccccc1)[C@H](NC(=O)[C@@H](NC(=O)OC(C)(C)C)C(C)C)C(=O)NCC(=O)OC(C)(C)C. The Morgan fingerprint density at radius 1 is 0.800 bits per heavy atom. The lowest BCUT2D eigenvalue weighted by Gasteiger charge is -2.38. The molecule has 0 spiro atoms. The average Bonchev–Trinajstić information content (AvgIpc) is 3.10. The van der Waals surface area contributed by atoms with Gasteiger partial charge in [0, 0.05) is 0 Å². The van der Waals surface area contributed by atoms with E-state index in [9.17, 15) is 29.1 Å². The van der Waals surface area contributed by atoms with E-state index in [1.807, 2.05) is 30.3 Å². The number of nitrogens with one attached hydrogen (secondary N) is 4. The number of rotatable bonds is 18. The molecule has 15 nitrogen and oxygen atoms in total. The van der Waals surface area contributed by atoms with Crippen molar-refractivity contribution < 1.29 is 52.8 Å². The minimum absolute atomic E-state index is 0.0723. The quantitative estimate of drug-likeness (QED) is 0.108. The lowest BCUT2D eigenvalue weighted by atomic mass is 9.90. The number of likely N-dealkylation sites (N-methyl/N-ethyl adjacent to an activating group) is 1. The van der Waals surface area contributed by atoms with Crippen LogP contribution in [0.4, 0.5) is 4.79 Å². The van der Waals surface area contributed by atoms with Gasteiger partial charge in [-0.25, -0.2) is 4.79 Å². The normalized spacial score (nSPS) is 14.9. The van der Waals surface area contributed by atoms with E-state index in [1.54, 1.807) is 81.4 Å². The zero-order valence-electron chi connectivity index (χ0n) is 34.2. The van der Waals surface area contributed by atoms with Gasteiger partial charge in [0.15, 0.2) is 11.5 Å². The van der Waals surface area contributed by atoms with Gasteiger partial charge >= 0.3 is 18.0 Å². The molecule has 55 heavy (non-hydrogen) atoms. The maximum Gasteiger partial charge on any atom is 0.408 e. The number of methoxy groups -OCH3 is 1. The highest BCUT2D eigenvalue weighted by Gasteiger charge is 2.44. The summed E-state index contributed by atoms with van der Waals surface area (Å²) in [5.74, 6) is -3.07. The van der Waals surface area contributed by atoms with Crippen molar-refractivity contribution >= 4 is 29.8 Å². The Morgan fingerprint density at radius 2 is 1.42 bits per heavy atom. The summed E-state index contributed by atoms with van der Waals surface area (Å²) in [5.41, 5.74) is -2.13. The molecule has 2 aromatic carbocycles. The third kappa shape index (κ3) is 14.7. The molecular weight excluding hydrogens is 712 g/mol. The van der Waals surface area contributed by atoms with Crippen molar-refractivity contribution in [3.63, 3.8) is 0 Å². The van der Waals surface area contributed by atoms with Crippen LogP contribution in [0.15, 0.2) is 48.5 Å². The molecule has 0 saturated heterocycles. The van der Waals surface area contributed by atoms with Crippen molar-refractivity contribution in [1.82, 2.24) is 21.3 Å². The number of aliphatic hydroxyl groups is 1. The summed E-state index contributed by atoms with van der Waals surface area (Å²) in [4.78, 5) is 66.0. The Kier molecular flexibility index (Phi) is 16.9. The summed E-state index contributed by atoms with van der Waals surface area (Å²) in [6, 6.07) is 10.2. The van der Waals surface area contributed by atoms with Crippen LogP contribution in [-0.4, -0.2) is 90.6 Å². The maximum absolute atomic E-state index is 14.1. The molecule has 5 N–H and O–H groups in total. The standard InChI is InChI=1S/C40H60N4O11/c1-13-40(10,53-28-21-26(32(46)31(41-11)36(49)51-12)19-20-27(28)52-23-25-17-15-14-16-18-25)33(35(48)42-22-29(45)54-38(4,5)6)44-34(47)30(24(2)3)43-37(50)55-39(7,8)9/h14-21,24,30-33,41,46H,13,22-23H2,1-12H3,(H,42,48)(H,43,50)(H,44,47)/t30-,31-,32+,33+,40-/m0/s1. The number of hydrogen-bond donors (Lipinski definition) is 5. The van der Waals surface area contributed by atoms with Crippen LogP contribution < -0.4 is 30.7 Å². The van der Waals surface area contributed by atoms with Crippen LogP contribution in [-0.2, 0) is 40.0 Å². The van der Waals surface area contributed by atoms with E-state index in [0.29, 0.717) is 0 Å². The molecule has 0 heterocycles. The van der Waals surface area contributed by atoms with Crippen molar-refractivity contribution in [2.24, 2.45) is 5.92 Å². The third-order valence-electron chi connectivity index (χ3n) is 8.28. The van der Waals surface area contributed by atoms with E-state index in [1.165, 1.54) is 20.2 Å². The highest BCUT2D eigenvalue weighted by Crippen LogP contribution is 2.37. The molecule has 306 valence electrons. The summed E-state index contributed by atoms with van der Waals surface area (Å²) in [6.07, 6.45) is -2.12. The summed E-state index contributed by atoms with van der Waals surface area (Å²) in [6.45, 7) is 16.5. The van der Waals surface area contributed by atoms with E-state index >= 15 is 0 Å². The number of amides is 3. The zero-order valence-corrected chi connectivity index (χ0v) is 34.2. The molecule has 0 aliphatic heterocycles. The number of hydrogen-bond acceptors (Lipinski definition) is 12. The van der Waals surface area contributed by atoms with Gasteiger partial charge in [0.2, 0.25) is 11.8 Å². The number of ether oxygens (including phenoxy) is 5. The van der Waals surface area contributed by atoms with Gasteiger partial charge in [-0.2, -0.15) is 0 Å². The Morgan fingerprint density at radius 3 is 1.95 bits per heavy atom. The highest BCUT2D eigenvalue weighted by molar-refractivity contribution is 5.93. The number of carbonyl (C=O) groups is 5. The Bertz CT molecular complexity index is 1600. The van der Waals surface area contributed by atoms with Crippen LogP contribution >= 0.6 is 0 Å². The average molecular weight is 773 g/mol. The molecule has 0 unspecified atom stereocenters. The minimum Gasteiger partial charge on any atom is -0.485 e. The van der Waals surface area contributed by atoms with Crippen LogP contribution in [0.3, 0.4) is 0 Å². The van der Waals surface area contributed by atoms with Gasteiger partial charge < -0.3 is 50.1 Å². The van der Waals surface area contributed by atoms with Crippen LogP contribution in [0.1, 0.15) is 92.9 Å². The van der Waals surface area contributed by atoms with E-state index < -0.39 is 83.3 Å². The number of benzene rings is 2. The minimum atomic E-state index is -1.57. The number of alkyl carbamates (subject to hydrolysis) is 1. The Labute approximate surface area is 324 Å². The van der Waals surface area contributed by atoms with E-state index in [0.717, 1.165) is 5.56 Å². The maximum atomic E-state index is 14.1. The van der Waals surface area contributed by atoms with Crippen molar-refractivity contribution in [2.75, 3.05) is 20.7 Å². The topological polar surface area (TPSA) is 200 Å². The molecule has 0 aromatic heterocycles. The molecule has 3 amide bonds. The molecule has 2 rings (SSSR count). The first kappa shape index (κ1) is 46.3. The van der Waals surface area contributed by atoms with Crippen molar-refractivity contribution in [3.8, 4) is 11.5 Å². The number of aliphatic hydroxyl groups excluding tert-OH is 1. The largest absolute Gasteiger partial charge is 0.485 e. The molecule has 0 saturated carbocycles. The lowest BCUT2D eigenvalue weighted by molar-refractivity contribution is -0.155. The van der Waals surface area contributed by atoms with Crippen molar-refractivity contribution in [2.45, 2.75) is 123 Å². The highest BCUT2D eigenvalue weighted by atomic mass is 16.6. The van der Waals surface area contributed by atoms with Crippen LogP contribution in [0.25, 0.3) is 0 Å². The van der Waals surface area contributed by atoms with Gasteiger partial charge in [-0.1, -0.05) is 57.2 Å². The number of esters is 2. The molecule has 0 aliphatic rings. The molecule has 0 radical (unpaired) electrons. The molecule has 5 atom stereocenters. The fourth-order valence-electron chi connectivity index (χ4n) is 5.29. The molecule has 0 aliphatic carbocycles. The molecule has 0 bridgehead atoms. The summed E-state index contributed by atoms with van der Waals surface area (Å²) in [7, 11) is 2.70. The second kappa shape index (κ2) is 20.1. The molecular formula is C40H60N4O11. The van der Waals surface area contributed by atoms with Crippen LogP contribution in [0.5, 0.6) is 11.5 Å². The van der Waals surface area contributed by atoms with E-state index in [2.05, 4.69) is 21.3 Å². The fraction of sp³-hybridized carbons (Fsp3) is 0.575. The van der Waals surface area contributed by atoms with Crippen LogP contribution in [0.2, 0.25) is 0 Å². The number of carbonyl (C=O) groups excluding carboxylic acids is 5. The van der Waals surface area contributed by atoms with Crippen molar-refractivity contribution in [1.29, 1.82) is 0 Å². The van der Waals surface area contributed by atoms with Gasteiger partial charge in [-0.3, -0.25) is 19.2 Å². The monoisotopic (exact) mass is 772 g/mol.